The van der Waals surface area contributed by atoms with Crippen molar-refractivity contribution in [2.75, 3.05) is 20.3 Å². The Hall–Kier alpha value is -4.12. The van der Waals surface area contributed by atoms with Gasteiger partial charge in [0.05, 0.1) is 13.2 Å². The van der Waals surface area contributed by atoms with E-state index in [4.69, 9.17) is 9.47 Å². The Morgan fingerprint density at radius 3 is 2.08 bits per heavy atom. The first-order chi connectivity index (χ1) is 18.5. The largest absolute Gasteiger partial charge is 0.468 e. The number of amides is 3. The van der Waals surface area contributed by atoms with Crippen LogP contribution in [0, 0.1) is 0 Å². The summed E-state index contributed by atoms with van der Waals surface area (Å²) >= 11 is 0. The highest BCUT2D eigenvalue weighted by Gasteiger charge is 2.39. The molecule has 0 aromatic heterocycles. The summed E-state index contributed by atoms with van der Waals surface area (Å²) < 4.78 is 15.5. The molecule has 0 saturated heterocycles. The Kier molecular flexibility index (Phi) is 12.2. The molecule has 0 unspecified atom stereocenters. The lowest BCUT2D eigenvalue weighted by molar-refractivity contribution is -0.142. The fraction of sp³-hybridized carbons (Fsp3) is 0.429. The number of hydrogen-bond donors (Lipinski definition) is 3. The average molecular weight is 544 g/mol. The third-order valence-corrected chi connectivity index (χ3v) is 5.40. The van der Waals surface area contributed by atoms with Gasteiger partial charge < -0.3 is 30.0 Å². The van der Waals surface area contributed by atoms with Gasteiger partial charge in [-0.1, -0.05) is 60.7 Å². The van der Waals surface area contributed by atoms with Crippen LogP contribution in [0.2, 0.25) is 0 Å². The van der Waals surface area contributed by atoms with Gasteiger partial charge in [-0.3, -0.25) is 14.5 Å². The number of aliphatic hydroxyl groups excluding tert-OH is 1. The van der Waals surface area contributed by atoms with Crippen LogP contribution in [0.25, 0.3) is 0 Å². The number of carbonyl (C=O) groups is 4. The standard InChI is InChI=1S/C28H37N3O8/c1-28(2,3)39-26(35)30-22(15-16-32)24(25(34)29-17-23(33)37-4)31(18-20-11-7-5-8-12-20)27(36)38-19-21-13-9-6-10-14-21/h5-14,22,24,32H,15-19H2,1-4H3,(H,29,34)(H,30,35)/t22-,24-/m0/s1. The van der Waals surface area contributed by atoms with Gasteiger partial charge in [-0.05, 0) is 38.3 Å². The molecular weight excluding hydrogens is 506 g/mol. The van der Waals surface area contributed by atoms with Crippen LogP contribution in [-0.4, -0.2) is 72.0 Å². The molecule has 0 fully saturated rings. The molecule has 0 spiro atoms. The molecule has 11 heteroatoms. The summed E-state index contributed by atoms with van der Waals surface area (Å²) in [6.07, 6.45) is -1.79. The van der Waals surface area contributed by atoms with E-state index in [2.05, 4.69) is 15.4 Å². The van der Waals surface area contributed by atoms with E-state index >= 15 is 0 Å². The Morgan fingerprint density at radius 1 is 0.949 bits per heavy atom. The van der Waals surface area contributed by atoms with Gasteiger partial charge in [0.1, 0.15) is 24.8 Å². The minimum absolute atomic E-state index is 0.0639. The molecule has 11 nitrogen and oxygen atoms in total. The second kappa shape index (κ2) is 15.3. The number of nitrogens with zero attached hydrogens (tertiary/aromatic N) is 1. The third kappa shape index (κ3) is 11.0. The van der Waals surface area contributed by atoms with E-state index < -0.39 is 54.9 Å². The maximum absolute atomic E-state index is 13.5. The van der Waals surface area contributed by atoms with Crippen molar-refractivity contribution in [3.05, 3.63) is 71.8 Å². The van der Waals surface area contributed by atoms with E-state index in [-0.39, 0.29) is 19.6 Å². The summed E-state index contributed by atoms with van der Waals surface area (Å²) in [6, 6.07) is 15.4. The fourth-order valence-electron chi connectivity index (χ4n) is 3.64. The summed E-state index contributed by atoms with van der Waals surface area (Å²) in [4.78, 5) is 52.6. The molecule has 39 heavy (non-hydrogen) atoms. The molecule has 2 aromatic carbocycles. The van der Waals surface area contributed by atoms with Crippen LogP contribution >= 0.6 is 0 Å². The van der Waals surface area contributed by atoms with Crippen molar-refractivity contribution in [1.82, 2.24) is 15.5 Å². The van der Waals surface area contributed by atoms with Crippen LogP contribution < -0.4 is 10.6 Å². The van der Waals surface area contributed by atoms with Crippen molar-refractivity contribution < 1.29 is 38.5 Å². The molecule has 0 bridgehead atoms. The van der Waals surface area contributed by atoms with Crippen molar-refractivity contribution in [1.29, 1.82) is 0 Å². The lowest BCUT2D eigenvalue weighted by atomic mass is 10.0. The number of rotatable bonds is 12. The number of nitrogens with one attached hydrogen (secondary N) is 2. The third-order valence-electron chi connectivity index (χ3n) is 5.40. The normalized spacial score (nSPS) is 12.4. The second-order valence-corrected chi connectivity index (χ2v) is 9.66. The molecule has 0 radical (unpaired) electrons. The number of carbonyl (C=O) groups excluding carboxylic acids is 4. The lowest BCUT2D eigenvalue weighted by Gasteiger charge is -2.36. The van der Waals surface area contributed by atoms with Crippen LogP contribution in [0.4, 0.5) is 9.59 Å². The first-order valence-electron chi connectivity index (χ1n) is 12.5. The maximum atomic E-state index is 13.5. The van der Waals surface area contributed by atoms with Crippen molar-refractivity contribution in [2.24, 2.45) is 0 Å². The molecule has 2 atom stereocenters. The van der Waals surface area contributed by atoms with Crippen LogP contribution in [-0.2, 0) is 37.0 Å². The van der Waals surface area contributed by atoms with E-state index in [0.717, 1.165) is 10.5 Å². The van der Waals surface area contributed by atoms with Crippen LogP contribution in [0.3, 0.4) is 0 Å². The molecule has 2 rings (SSSR count). The van der Waals surface area contributed by atoms with Gasteiger partial charge >= 0.3 is 18.2 Å². The SMILES string of the molecule is COC(=O)CNC(=O)[C@H]([C@H](CCO)NC(=O)OC(C)(C)C)N(Cc1ccccc1)C(=O)OCc1ccccc1. The molecule has 0 aliphatic rings. The van der Waals surface area contributed by atoms with Gasteiger partial charge in [0, 0.05) is 13.2 Å². The molecule has 2 aromatic rings. The highest BCUT2D eigenvalue weighted by atomic mass is 16.6. The number of benzene rings is 2. The van der Waals surface area contributed by atoms with Gasteiger partial charge in [0.25, 0.3) is 0 Å². The van der Waals surface area contributed by atoms with Crippen LogP contribution in [0.1, 0.15) is 38.3 Å². The zero-order valence-electron chi connectivity index (χ0n) is 22.7. The minimum Gasteiger partial charge on any atom is -0.468 e. The number of alkyl carbamates (subject to hydrolysis) is 1. The van der Waals surface area contributed by atoms with E-state index in [1.165, 1.54) is 7.11 Å². The molecule has 0 aliphatic carbocycles. The summed E-state index contributed by atoms with van der Waals surface area (Å²) in [5.41, 5.74) is 0.574. The molecule has 3 N–H and O–H groups in total. The predicted molar refractivity (Wildman–Crippen MR) is 142 cm³/mol. The number of hydrogen-bond acceptors (Lipinski definition) is 8. The molecular formula is C28H37N3O8. The van der Waals surface area contributed by atoms with Gasteiger partial charge in [-0.2, -0.15) is 0 Å². The predicted octanol–water partition coefficient (Wildman–Crippen LogP) is 2.76. The van der Waals surface area contributed by atoms with Gasteiger partial charge in [0.15, 0.2) is 0 Å². The Morgan fingerprint density at radius 2 is 1.54 bits per heavy atom. The molecule has 0 saturated carbocycles. The monoisotopic (exact) mass is 543 g/mol. The first kappa shape index (κ1) is 31.1. The van der Waals surface area contributed by atoms with Crippen molar-refractivity contribution in [3.63, 3.8) is 0 Å². The summed E-state index contributed by atoms with van der Waals surface area (Å²) in [6.45, 7) is 4.01. The zero-order chi connectivity index (χ0) is 28.8. The molecule has 212 valence electrons. The number of aliphatic hydroxyl groups is 1. The number of esters is 1. The second-order valence-electron chi connectivity index (χ2n) is 9.66. The van der Waals surface area contributed by atoms with Gasteiger partial charge in [0.2, 0.25) is 5.91 Å². The van der Waals surface area contributed by atoms with Crippen molar-refractivity contribution in [2.45, 2.75) is 58.0 Å². The summed E-state index contributed by atoms with van der Waals surface area (Å²) in [5, 5.41) is 14.9. The first-order valence-corrected chi connectivity index (χ1v) is 12.5. The molecule has 3 amide bonds. The van der Waals surface area contributed by atoms with E-state index in [9.17, 15) is 24.3 Å². The minimum atomic E-state index is -1.39. The Bertz CT molecular complexity index is 1070. The van der Waals surface area contributed by atoms with E-state index in [0.29, 0.717) is 5.56 Å². The van der Waals surface area contributed by atoms with Gasteiger partial charge in [-0.15, -0.1) is 0 Å². The highest BCUT2D eigenvalue weighted by Crippen LogP contribution is 2.18. The lowest BCUT2D eigenvalue weighted by Crippen LogP contribution is -2.61. The quantitative estimate of drug-likeness (QED) is 0.274. The zero-order valence-corrected chi connectivity index (χ0v) is 22.7. The number of ether oxygens (including phenoxy) is 3. The number of methoxy groups -OCH3 is 1. The van der Waals surface area contributed by atoms with Crippen LogP contribution in [0.15, 0.2) is 60.7 Å². The maximum Gasteiger partial charge on any atom is 0.411 e. The topological polar surface area (TPSA) is 143 Å². The van der Waals surface area contributed by atoms with E-state index in [1.807, 2.05) is 6.07 Å². The molecule has 0 heterocycles. The highest BCUT2D eigenvalue weighted by molar-refractivity contribution is 5.89. The Balaban J connectivity index is 2.46. The average Bonchev–Trinajstić information content (AvgIpc) is 2.90. The van der Waals surface area contributed by atoms with Crippen molar-refractivity contribution >= 4 is 24.1 Å². The molecule has 0 aliphatic heterocycles. The van der Waals surface area contributed by atoms with Gasteiger partial charge in [-0.25, -0.2) is 9.59 Å². The van der Waals surface area contributed by atoms with E-state index in [1.54, 1.807) is 75.4 Å². The van der Waals surface area contributed by atoms with Crippen molar-refractivity contribution in [3.8, 4) is 0 Å². The van der Waals surface area contributed by atoms with Crippen LogP contribution in [0.5, 0.6) is 0 Å². The smallest absolute Gasteiger partial charge is 0.411 e. The summed E-state index contributed by atoms with van der Waals surface area (Å²) in [5.74, 6) is -1.47. The fourth-order valence-corrected chi connectivity index (χ4v) is 3.64. The summed E-state index contributed by atoms with van der Waals surface area (Å²) in [7, 11) is 1.17. The Labute approximate surface area is 228 Å².